The maximum absolute atomic E-state index is 13.1. The Morgan fingerprint density at radius 2 is 1.48 bits per heavy atom. The molecule has 1 unspecified atom stereocenters. The number of sulfonamides is 1. The van der Waals surface area contributed by atoms with Crippen molar-refractivity contribution in [1.29, 1.82) is 0 Å². The average Bonchev–Trinajstić information content (AvgIpc) is 3.55. The molecular weight excluding hydrogens is 582 g/mol. The maximum Gasteiger partial charge on any atom is 0.329 e. The van der Waals surface area contributed by atoms with E-state index in [0.29, 0.717) is 30.9 Å². The molecular formula is C33H31N3O7S. The monoisotopic (exact) mass is 613 g/mol. The Kier molecular flexibility index (Phi) is 9.56. The Bertz CT molecular complexity index is 1710. The van der Waals surface area contributed by atoms with Crippen molar-refractivity contribution in [3.63, 3.8) is 0 Å². The number of hydrogen-bond donors (Lipinski definition) is 2. The average molecular weight is 614 g/mol. The molecule has 1 saturated heterocycles. The summed E-state index contributed by atoms with van der Waals surface area (Å²) in [5, 5.41) is 2.56. The smallest absolute Gasteiger partial charge is 0.329 e. The first kappa shape index (κ1) is 30.3. The van der Waals surface area contributed by atoms with Crippen LogP contribution in [-0.4, -0.2) is 50.2 Å². The van der Waals surface area contributed by atoms with Gasteiger partial charge in [-0.15, -0.1) is 0 Å². The Balaban J connectivity index is 1.15. The van der Waals surface area contributed by atoms with E-state index >= 15 is 0 Å². The van der Waals surface area contributed by atoms with E-state index in [4.69, 9.17) is 9.47 Å². The first-order valence-corrected chi connectivity index (χ1v) is 15.5. The van der Waals surface area contributed by atoms with Crippen LogP contribution in [0.3, 0.4) is 0 Å². The highest BCUT2D eigenvalue weighted by Gasteiger charge is 2.35. The van der Waals surface area contributed by atoms with E-state index in [-0.39, 0.29) is 29.3 Å². The fourth-order valence-electron chi connectivity index (χ4n) is 4.74. The SMILES string of the molecule is O=C(NCC(=O)N1CCCC1C(=O)OCc1ccccc1)c1ccc(S(=O)(=O)Nc2ccccc2Oc2ccccc2)cc1. The molecule has 44 heavy (non-hydrogen) atoms. The minimum Gasteiger partial charge on any atom is -0.459 e. The van der Waals surface area contributed by atoms with Gasteiger partial charge in [-0.1, -0.05) is 60.7 Å². The van der Waals surface area contributed by atoms with Gasteiger partial charge in [-0.25, -0.2) is 13.2 Å². The summed E-state index contributed by atoms with van der Waals surface area (Å²) in [6, 6.07) is 29.5. The summed E-state index contributed by atoms with van der Waals surface area (Å²) < 4.78 is 40.0. The van der Waals surface area contributed by atoms with Gasteiger partial charge in [0, 0.05) is 12.1 Å². The minimum absolute atomic E-state index is 0.0615. The summed E-state index contributed by atoms with van der Waals surface area (Å²) >= 11 is 0. The van der Waals surface area contributed by atoms with Crippen LogP contribution in [0.2, 0.25) is 0 Å². The molecule has 1 aliphatic heterocycles. The zero-order valence-electron chi connectivity index (χ0n) is 23.7. The summed E-state index contributed by atoms with van der Waals surface area (Å²) in [6.45, 7) is 0.185. The second-order valence-corrected chi connectivity index (χ2v) is 11.7. The van der Waals surface area contributed by atoms with Gasteiger partial charge < -0.3 is 19.7 Å². The van der Waals surface area contributed by atoms with E-state index in [9.17, 15) is 22.8 Å². The topological polar surface area (TPSA) is 131 Å². The number of likely N-dealkylation sites (tertiary alicyclic amines) is 1. The van der Waals surface area contributed by atoms with Gasteiger partial charge in [0.15, 0.2) is 5.75 Å². The number of ether oxygens (including phenoxy) is 2. The molecule has 0 spiro atoms. The van der Waals surface area contributed by atoms with Crippen molar-refractivity contribution in [1.82, 2.24) is 10.2 Å². The van der Waals surface area contributed by atoms with Crippen LogP contribution in [0, 0.1) is 0 Å². The number of hydrogen-bond acceptors (Lipinski definition) is 7. The first-order chi connectivity index (χ1) is 21.3. The van der Waals surface area contributed by atoms with E-state index < -0.39 is 33.8 Å². The number of esters is 1. The summed E-state index contributed by atoms with van der Waals surface area (Å²) in [7, 11) is -4.01. The number of benzene rings is 4. The largest absolute Gasteiger partial charge is 0.459 e. The van der Waals surface area contributed by atoms with Crippen LogP contribution in [0.5, 0.6) is 11.5 Å². The molecule has 0 aliphatic carbocycles. The van der Waals surface area contributed by atoms with Crippen molar-refractivity contribution in [3.8, 4) is 11.5 Å². The highest BCUT2D eigenvalue weighted by molar-refractivity contribution is 7.92. The van der Waals surface area contributed by atoms with Crippen molar-refractivity contribution in [2.45, 2.75) is 30.4 Å². The standard InChI is InChI=1S/C33H31N3O7S/c37-31(36-21-9-15-29(36)33(39)42-23-24-10-3-1-4-11-24)22-34-32(38)25-17-19-27(20-18-25)44(40,41)35-28-14-7-8-16-30(28)43-26-12-5-2-6-13-26/h1-8,10-14,16-20,29,35H,9,15,21-23H2,(H,34,38). The molecule has 4 aromatic carbocycles. The second-order valence-electron chi connectivity index (χ2n) is 10.1. The first-order valence-electron chi connectivity index (χ1n) is 14.0. The lowest BCUT2D eigenvalue weighted by atomic mass is 10.2. The maximum atomic E-state index is 13.1. The van der Waals surface area contributed by atoms with Crippen molar-refractivity contribution in [3.05, 3.63) is 120 Å². The lowest BCUT2D eigenvalue weighted by molar-refractivity contribution is -0.154. The van der Waals surface area contributed by atoms with Crippen LogP contribution in [-0.2, 0) is 31.0 Å². The number of carbonyl (C=O) groups excluding carboxylic acids is 3. The molecule has 0 aromatic heterocycles. The lowest BCUT2D eigenvalue weighted by Crippen LogP contribution is -2.46. The normalized spacial score (nSPS) is 14.5. The molecule has 1 atom stereocenters. The molecule has 1 aliphatic rings. The number of anilines is 1. The number of carbonyl (C=O) groups is 3. The van der Waals surface area contributed by atoms with E-state index in [1.807, 2.05) is 48.5 Å². The third kappa shape index (κ3) is 7.61. The van der Waals surface area contributed by atoms with Gasteiger partial charge in [0.05, 0.1) is 17.1 Å². The van der Waals surface area contributed by atoms with Gasteiger partial charge in [-0.3, -0.25) is 14.3 Å². The molecule has 11 heteroatoms. The molecule has 0 radical (unpaired) electrons. The molecule has 10 nitrogen and oxygen atoms in total. The molecule has 2 amide bonds. The van der Waals surface area contributed by atoms with Crippen LogP contribution in [0.25, 0.3) is 0 Å². The second kappa shape index (κ2) is 13.9. The van der Waals surface area contributed by atoms with Crippen molar-refractivity contribution >= 4 is 33.5 Å². The lowest BCUT2D eigenvalue weighted by Gasteiger charge is -2.23. The molecule has 4 aromatic rings. The van der Waals surface area contributed by atoms with Gasteiger partial charge >= 0.3 is 5.97 Å². The third-order valence-corrected chi connectivity index (χ3v) is 8.38. The predicted octanol–water partition coefficient (Wildman–Crippen LogP) is 4.74. The zero-order valence-corrected chi connectivity index (χ0v) is 24.5. The van der Waals surface area contributed by atoms with Crippen LogP contribution in [0.4, 0.5) is 5.69 Å². The van der Waals surface area contributed by atoms with Crippen LogP contribution < -0.4 is 14.8 Å². The van der Waals surface area contributed by atoms with Gasteiger partial charge in [0.1, 0.15) is 18.4 Å². The fraction of sp³-hybridized carbons (Fsp3) is 0.182. The summed E-state index contributed by atoms with van der Waals surface area (Å²) in [6.07, 6.45) is 1.14. The number of para-hydroxylation sites is 3. The van der Waals surface area contributed by atoms with E-state index in [0.717, 1.165) is 5.56 Å². The van der Waals surface area contributed by atoms with E-state index in [1.165, 1.54) is 29.2 Å². The molecule has 1 heterocycles. The fourth-order valence-corrected chi connectivity index (χ4v) is 5.81. The minimum atomic E-state index is -4.01. The summed E-state index contributed by atoms with van der Waals surface area (Å²) in [5.41, 5.74) is 1.27. The molecule has 0 saturated carbocycles. The van der Waals surface area contributed by atoms with Crippen LogP contribution in [0.15, 0.2) is 114 Å². The highest BCUT2D eigenvalue weighted by Crippen LogP contribution is 2.31. The zero-order chi connectivity index (χ0) is 30.9. The highest BCUT2D eigenvalue weighted by atomic mass is 32.2. The molecule has 1 fully saturated rings. The summed E-state index contributed by atoms with van der Waals surface area (Å²) in [5.74, 6) is -0.564. The van der Waals surface area contributed by atoms with E-state index in [2.05, 4.69) is 10.0 Å². The molecule has 226 valence electrons. The Hall–Kier alpha value is -5.16. The van der Waals surface area contributed by atoms with Gasteiger partial charge in [0.25, 0.3) is 15.9 Å². The predicted molar refractivity (Wildman–Crippen MR) is 164 cm³/mol. The van der Waals surface area contributed by atoms with Crippen LogP contribution in [0.1, 0.15) is 28.8 Å². The number of nitrogens with zero attached hydrogens (tertiary/aromatic N) is 1. The Labute approximate surface area is 255 Å². The van der Waals surface area contributed by atoms with Crippen molar-refractivity contribution in [2.75, 3.05) is 17.8 Å². The number of amides is 2. The molecule has 5 rings (SSSR count). The van der Waals surface area contributed by atoms with Gasteiger partial charge in [0.2, 0.25) is 5.91 Å². The van der Waals surface area contributed by atoms with Crippen molar-refractivity contribution < 1.29 is 32.3 Å². The Morgan fingerprint density at radius 3 is 2.20 bits per heavy atom. The van der Waals surface area contributed by atoms with Gasteiger partial charge in [-0.05, 0) is 66.9 Å². The molecule has 2 N–H and O–H groups in total. The summed E-state index contributed by atoms with van der Waals surface area (Å²) in [4.78, 5) is 39.7. The quantitative estimate of drug-likeness (QED) is 0.234. The van der Waals surface area contributed by atoms with E-state index in [1.54, 1.807) is 36.4 Å². The number of rotatable bonds is 11. The molecule has 0 bridgehead atoms. The van der Waals surface area contributed by atoms with Crippen LogP contribution >= 0.6 is 0 Å². The third-order valence-electron chi connectivity index (χ3n) is 7.00. The van der Waals surface area contributed by atoms with Crippen molar-refractivity contribution in [2.24, 2.45) is 0 Å². The van der Waals surface area contributed by atoms with Gasteiger partial charge in [-0.2, -0.15) is 0 Å². The Morgan fingerprint density at radius 1 is 0.818 bits per heavy atom. The number of nitrogens with one attached hydrogen (secondary N) is 2.